The van der Waals surface area contributed by atoms with E-state index in [-0.39, 0.29) is 32.0 Å². The lowest BCUT2D eigenvalue weighted by atomic mass is 9.99. The van der Waals surface area contributed by atoms with E-state index >= 15 is 0 Å². The molecule has 0 saturated carbocycles. The SMILES string of the molecule is N#CC(C#N)=C1C(Cl)=C(O)C(Cl)=C(Cl)/C1=N\N. The normalized spacial score (nSPS) is 18.2. The van der Waals surface area contributed by atoms with Gasteiger partial charge in [-0.3, -0.25) is 0 Å². The van der Waals surface area contributed by atoms with Crippen LogP contribution in [0.2, 0.25) is 0 Å². The Hall–Kier alpha value is -1.66. The first kappa shape index (κ1) is 13.4. The monoisotopic (exact) mass is 288 g/mol. The number of hydrogen-bond acceptors (Lipinski definition) is 5. The van der Waals surface area contributed by atoms with E-state index in [2.05, 4.69) is 5.10 Å². The molecule has 0 aromatic carbocycles. The molecule has 0 atom stereocenters. The minimum absolute atomic E-state index is 0.127. The van der Waals surface area contributed by atoms with Crippen LogP contribution in [0.5, 0.6) is 0 Å². The van der Waals surface area contributed by atoms with Gasteiger partial charge in [0.1, 0.15) is 28.5 Å². The Morgan fingerprint density at radius 3 is 2.06 bits per heavy atom. The number of nitrogens with zero attached hydrogens (tertiary/aromatic N) is 3. The van der Waals surface area contributed by atoms with Gasteiger partial charge in [0.15, 0.2) is 5.76 Å². The molecular weight excluding hydrogens is 286 g/mol. The van der Waals surface area contributed by atoms with Crippen molar-refractivity contribution in [2.24, 2.45) is 10.9 Å². The maximum Gasteiger partial charge on any atom is 0.155 e. The maximum absolute atomic E-state index is 9.56. The zero-order valence-electron chi connectivity index (χ0n) is 8.00. The Labute approximate surface area is 111 Å². The summed E-state index contributed by atoms with van der Waals surface area (Å²) < 4.78 is 0. The molecule has 8 heteroatoms. The molecule has 17 heavy (non-hydrogen) atoms. The second-order valence-electron chi connectivity index (χ2n) is 2.74. The predicted molar refractivity (Wildman–Crippen MR) is 64.1 cm³/mol. The van der Waals surface area contributed by atoms with Crippen molar-refractivity contribution in [1.82, 2.24) is 0 Å². The largest absolute Gasteiger partial charge is 0.505 e. The molecule has 0 aromatic heterocycles. The van der Waals surface area contributed by atoms with Crippen LogP contribution in [0.3, 0.4) is 0 Å². The first-order chi connectivity index (χ1) is 7.99. The van der Waals surface area contributed by atoms with E-state index in [4.69, 9.17) is 51.2 Å². The maximum atomic E-state index is 9.56. The van der Waals surface area contributed by atoms with Crippen LogP contribution in [0.4, 0.5) is 0 Å². The van der Waals surface area contributed by atoms with Gasteiger partial charge in [0.05, 0.1) is 15.6 Å². The van der Waals surface area contributed by atoms with Crippen LogP contribution in [0.15, 0.2) is 37.1 Å². The summed E-state index contributed by atoms with van der Waals surface area (Å²) >= 11 is 17.2. The molecule has 0 heterocycles. The summed E-state index contributed by atoms with van der Waals surface area (Å²) in [6.07, 6.45) is 0. The summed E-state index contributed by atoms with van der Waals surface area (Å²) in [5.41, 5.74) is -0.656. The molecule has 0 spiro atoms. The Morgan fingerprint density at radius 1 is 1.12 bits per heavy atom. The van der Waals surface area contributed by atoms with E-state index in [1.54, 1.807) is 12.1 Å². The number of rotatable bonds is 0. The lowest BCUT2D eigenvalue weighted by molar-refractivity contribution is 0.427. The van der Waals surface area contributed by atoms with Gasteiger partial charge in [-0.05, 0) is 0 Å². The van der Waals surface area contributed by atoms with Crippen LogP contribution in [-0.2, 0) is 0 Å². The molecule has 1 aliphatic carbocycles. The van der Waals surface area contributed by atoms with Crippen molar-refractivity contribution in [3.63, 3.8) is 0 Å². The highest BCUT2D eigenvalue weighted by Crippen LogP contribution is 2.38. The number of hydrazone groups is 1. The fourth-order valence-electron chi connectivity index (χ4n) is 1.12. The van der Waals surface area contributed by atoms with Crippen LogP contribution in [0.25, 0.3) is 0 Å². The molecule has 0 aromatic rings. The van der Waals surface area contributed by atoms with Gasteiger partial charge in [-0.25, -0.2) is 0 Å². The summed E-state index contributed by atoms with van der Waals surface area (Å²) in [7, 11) is 0. The summed E-state index contributed by atoms with van der Waals surface area (Å²) in [6, 6.07) is 3.20. The van der Waals surface area contributed by atoms with E-state index in [1.807, 2.05) is 0 Å². The minimum Gasteiger partial charge on any atom is -0.505 e. The average Bonchev–Trinajstić information content (AvgIpc) is 2.34. The Bertz CT molecular complexity index is 566. The van der Waals surface area contributed by atoms with Crippen LogP contribution in [-0.4, -0.2) is 10.8 Å². The van der Waals surface area contributed by atoms with Gasteiger partial charge >= 0.3 is 0 Å². The van der Waals surface area contributed by atoms with Crippen molar-refractivity contribution in [1.29, 1.82) is 10.5 Å². The van der Waals surface area contributed by atoms with Gasteiger partial charge in [0.2, 0.25) is 0 Å². The standard InChI is InChI=1S/C9H3Cl3N4O/c10-5-4(3(1-13)2-14)8(16-15)6(11)7(12)9(5)17/h17H,15H2/b16-8-. The molecule has 0 amide bonds. The van der Waals surface area contributed by atoms with Crippen molar-refractivity contribution in [2.45, 2.75) is 0 Å². The fraction of sp³-hybridized carbons (Fsp3) is 0. The third kappa shape index (κ3) is 2.09. The van der Waals surface area contributed by atoms with E-state index in [1.165, 1.54) is 0 Å². The molecule has 0 aliphatic heterocycles. The zero-order chi connectivity index (χ0) is 13.2. The van der Waals surface area contributed by atoms with Crippen molar-refractivity contribution in [3.8, 4) is 12.1 Å². The molecule has 0 fully saturated rings. The van der Waals surface area contributed by atoms with Crippen LogP contribution < -0.4 is 5.84 Å². The number of allylic oxidation sites excluding steroid dienone is 5. The Balaban J connectivity index is 3.74. The van der Waals surface area contributed by atoms with Gasteiger partial charge in [-0.15, -0.1) is 0 Å². The van der Waals surface area contributed by atoms with E-state index < -0.39 is 5.76 Å². The minimum atomic E-state index is -0.538. The smallest absolute Gasteiger partial charge is 0.155 e. The summed E-state index contributed by atoms with van der Waals surface area (Å²) in [6.45, 7) is 0. The molecule has 5 nitrogen and oxygen atoms in total. The molecule has 1 aliphatic rings. The summed E-state index contributed by atoms with van der Waals surface area (Å²) in [4.78, 5) is 0. The highest BCUT2D eigenvalue weighted by Gasteiger charge is 2.30. The number of halogens is 3. The highest BCUT2D eigenvalue weighted by atomic mass is 35.5. The molecule has 86 valence electrons. The lowest BCUT2D eigenvalue weighted by Crippen LogP contribution is -2.16. The van der Waals surface area contributed by atoms with Crippen LogP contribution >= 0.6 is 34.8 Å². The Morgan fingerprint density at radius 2 is 1.65 bits per heavy atom. The molecule has 3 N–H and O–H groups in total. The fourth-order valence-corrected chi connectivity index (χ4v) is 1.87. The van der Waals surface area contributed by atoms with Crippen LogP contribution in [0.1, 0.15) is 0 Å². The summed E-state index contributed by atoms with van der Waals surface area (Å²) in [5, 5.41) is 29.7. The molecule has 0 saturated heterocycles. The highest BCUT2D eigenvalue weighted by molar-refractivity contribution is 6.56. The van der Waals surface area contributed by atoms with E-state index in [0.717, 1.165) is 0 Å². The molecule has 0 radical (unpaired) electrons. The number of aliphatic hydroxyl groups excluding tert-OH is 1. The number of nitrogens with two attached hydrogens (primary N) is 1. The first-order valence-corrected chi connectivity index (χ1v) is 5.10. The third-order valence-electron chi connectivity index (χ3n) is 1.88. The summed E-state index contributed by atoms with van der Waals surface area (Å²) in [5.74, 6) is 4.56. The van der Waals surface area contributed by atoms with Crippen molar-refractivity contribution >= 4 is 40.5 Å². The topological polar surface area (TPSA) is 106 Å². The number of aliphatic hydroxyl groups is 1. The predicted octanol–water partition coefficient (Wildman–Crippen LogP) is 2.36. The Kier molecular flexibility index (Phi) is 4.03. The van der Waals surface area contributed by atoms with Gasteiger partial charge in [-0.1, -0.05) is 34.8 Å². The molecular formula is C9H3Cl3N4O. The van der Waals surface area contributed by atoms with Gasteiger partial charge < -0.3 is 10.9 Å². The zero-order valence-corrected chi connectivity index (χ0v) is 10.3. The lowest BCUT2D eigenvalue weighted by Gasteiger charge is -2.17. The quantitative estimate of drug-likeness (QED) is 0.405. The molecule has 1 rings (SSSR count). The number of nitriles is 2. The second kappa shape index (κ2) is 5.11. The first-order valence-electron chi connectivity index (χ1n) is 3.97. The third-order valence-corrected chi connectivity index (χ3v) is 3.08. The second-order valence-corrected chi connectivity index (χ2v) is 3.88. The van der Waals surface area contributed by atoms with E-state index in [0.29, 0.717) is 0 Å². The van der Waals surface area contributed by atoms with Crippen LogP contribution in [0, 0.1) is 22.7 Å². The van der Waals surface area contributed by atoms with Gasteiger partial charge in [-0.2, -0.15) is 15.6 Å². The van der Waals surface area contributed by atoms with Crippen molar-refractivity contribution in [2.75, 3.05) is 0 Å². The van der Waals surface area contributed by atoms with Gasteiger partial charge in [0.25, 0.3) is 0 Å². The number of hydrogen-bond donors (Lipinski definition) is 2. The molecule has 0 unspecified atom stereocenters. The molecule has 0 bridgehead atoms. The van der Waals surface area contributed by atoms with Gasteiger partial charge in [0, 0.05) is 0 Å². The average molecular weight is 290 g/mol. The van der Waals surface area contributed by atoms with Crippen molar-refractivity contribution < 1.29 is 5.11 Å². The van der Waals surface area contributed by atoms with Crippen molar-refractivity contribution in [3.05, 3.63) is 32.0 Å². The van der Waals surface area contributed by atoms with E-state index in [9.17, 15) is 5.11 Å².